The average Bonchev–Trinajstić information content (AvgIpc) is 3.53. The largest absolute Gasteiger partial charge is 0.381 e. The standard InChI is InChI=1S/C24H28N4O2S/c29-23(24(10-14-30-15-11-24)18-5-2-1-3-6-18)25-19-8-12-28(13-9-19)22-17-20(26-27-22)21-7-4-16-31-21/h1-7,16-17,19H,8-15H2,(H,25,29)(H,26,27). The number of carbonyl (C=O) groups is 1. The van der Waals surface area contributed by atoms with E-state index in [2.05, 4.69) is 56.1 Å². The Hall–Kier alpha value is -2.64. The van der Waals surface area contributed by atoms with Gasteiger partial charge >= 0.3 is 0 Å². The number of ether oxygens (including phenoxy) is 1. The lowest BCUT2D eigenvalue weighted by molar-refractivity contribution is -0.131. The zero-order chi connectivity index (χ0) is 21.1. The average molecular weight is 437 g/mol. The third-order valence-electron chi connectivity index (χ3n) is 6.61. The van der Waals surface area contributed by atoms with Crippen LogP contribution in [0.3, 0.4) is 0 Å². The summed E-state index contributed by atoms with van der Waals surface area (Å²) in [4.78, 5) is 17.0. The van der Waals surface area contributed by atoms with Gasteiger partial charge in [-0.3, -0.25) is 9.89 Å². The highest BCUT2D eigenvalue weighted by atomic mass is 32.1. The maximum Gasteiger partial charge on any atom is 0.231 e. The minimum absolute atomic E-state index is 0.153. The Bertz CT molecular complexity index is 988. The van der Waals surface area contributed by atoms with Gasteiger partial charge in [0, 0.05) is 38.4 Å². The highest BCUT2D eigenvalue weighted by molar-refractivity contribution is 7.13. The number of carbonyl (C=O) groups excluding carboxylic acids is 1. The molecular formula is C24H28N4O2S. The predicted octanol–water partition coefficient (Wildman–Crippen LogP) is 3.97. The summed E-state index contributed by atoms with van der Waals surface area (Å²) in [5.74, 6) is 1.14. The number of amides is 1. The fourth-order valence-electron chi connectivity index (χ4n) is 4.73. The molecule has 2 aliphatic heterocycles. The van der Waals surface area contributed by atoms with Crippen LogP contribution in [-0.4, -0.2) is 48.4 Å². The molecule has 0 radical (unpaired) electrons. The molecule has 2 aliphatic rings. The van der Waals surface area contributed by atoms with E-state index >= 15 is 0 Å². The highest BCUT2D eigenvalue weighted by Crippen LogP contribution is 2.35. The van der Waals surface area contributed by atoms with Crippen LogP contribution in [0.2, 0.25) is 0 Å². The van der Waals surface area contributed by atoms with Gasteiger partial charge in [0.15, 0.2) is 5.82 Å². The van der Waals surface area contributed by atoms with Gasteiger partial charge in [-0.05, 0) is 42.7 Å². The molecule has 4 heterocycles. The van der Waals surface area contributed by atoms with Crippen molar-refractivity contribution < 1.29 is 9.53 Å². The van der Waals surface area contributed by atoms with Gasteiger partial charge in [-0.1, -0.05) is 36.4 Å². The molecule has 2 aromatic heterocycles. The number of benzene rings is 1. The van der Waals surface area contributed by atoms with Crippen LogP contribution in [0.4, 0.5) is 5.82 Å². The second-order valence-corrected chi connectivity index (χ2v) is 9.36. The Morgan fingerprint density at radius 3 is 2.61 bits per heavy atom. The van der Waals surface area contributed by atoms with Crippen LogP contribution in [0.1, 0.15) is 31.2 Å². The van der Waals surface area contributed by atoms with E-state index in [4.69, 9.17) is 4.74 Å². The van der Waals surface area contributed by atoms with Gasteiger partial charge < -0.3 is 15.0 Å². The second kappa shape index (κ2) is 8.85. The Kier molecular flexibility index (Phi) is 5.78. The molecule has 5 rings (SSSR count). The van der Waals surface area contributed by atoms with Gasteiger partial charge in [0.1, 0.15) is 0 Å². The summed E-state index contributed by atoms with van der Waals surface area (Å²) in [6.07, 6.45) is 3.32. The third kappa shape index (κ3) is 4.12. The lowest BCUT2D eigenvalue weighted by Crippen LogP contribution is -2.53. The smallest absolute Gasteiger partial charge is 0.231 e. The molecule has 2 N–H and O–H groups in total. The number of rotatable bonds is 5. The molecule has 0 aliphatic carbocycles. The van der Waals surface area contributed by atoms with Crippen molar-refractivity contribution in [3.63, 3.8) is 0 Å². The fourth-order valence-corrected chi connectivity index (χ4v) is 5.42. The normalized spacial score (nSPS) is 19.3. The quantitative estimate of drug-likeness (QED) is 0.635. The molecule has 0 atom stereocenters. The maximum atomic E-state index is 13.5. The first kappa shape index (κ1) is 20.3. The Morgan fingerprint density at radius 1 is 1.13 bits per heavy atom. The van der Waals surface area contributed by atoms with E-state index in [9.17, 15) is 4.79 Å². The molecule has 2 saturated heterocycles. The van der Waals surface area contributed by atoms with Crippen LogP contribution in [0.25, 0.3) is 10.6 Å². The summed E-state index contributed by atoms with van der Waals surface area (Å²) < 4.78 is 5.58. The van der Waals surface area contributed by atoms with E-state index < -0.39 is 5.41 Å². The molecule has 3 aromatic rings. The number of hydrogen-bond donors (Lipinski definition) is 2. The molecule has 0 spiro atoms. The molecular weight excluding hydrogens is 408 g/mol. The number of thiophene rings is 1. The summed E-state index contributed by atoms with van der Waals surface area (Å²) >= 11 is 1.71. The molecule has 0 unspecified atom stereocenters. The molecule has 162 valence electrons. The third-order valence-corrected chi connectivity index (χ3v) is 7.52. The van der Waals surface area contributed by atoms with Gasteiger partial charge in [-0.25, -0.2) is 0 Å². The fraction of sp³-hybridized carbons (Fsp3) is 0.417. The first-order valence-corrected chi connectivity index (χ1v) is 11.9. The first-order valence-electron chi connectivity index (χ1n) is 11.0. The van der Waals surface area contributed by atoms with Crippen LogP contribution < -0.4 is 10.2 Å². The minimum atomic E-state index is -0.478. The SMILES string of the molecule is O=C(NC1CCN(c2cc(-c3cccs3)[nH]n2)CC1)C1(c2ccccc2)CCOCC1. The second-order valence-electron chi connectivity index (χ2n) is 8.41. The van der Waals surface area contributed by atoms with Crippen LogP contribution in [0, 0.1) is 0 Å². The lowest BCUT2D eigenvalue weighted by Gasteiger charge is -2.39. The monoisotopic (exact) mass is 436 g/mol. The van der Waals surface area contributed by atoms with E-state index in [-0.39, 0.29) is 11.9 Å². The number of H-pyrrole nitrogens is 1. The van der Waals surface area contributed by atoms with Crippen molar-refractivity contribution in [3.8, 4) is 10.6 Å². The van der Waals surface area contributed by atoms with E-state index in [1.165, 1.54) is 4.88 Å². The van der Waals surface area contributed by atoms with Crippen molar-refractivity contribution in [3.05, 3.63) is 59.5 Å². The van der Waals surface area contributed by atoms with Gasteiger partial charge in [0.25, 0.3) is 0 Å². The Balaban J connectivity index is 1.22. The zero-order valence-electron chi connectivity index (χ0n) is 17.5. The molecule has 1 aromatic carbocycles. The summed E-state index contributed by atoms with van der Waals surface area (Å²) in [6, 6.07) is 16.7. The summed E-state index contributed by atoms with van der Waals surface area (Å²) in [6.45, 7) is 3.04. The number of aromatic nitrogens is 2. The minimum Gasteiger partial charge on any atom is -0.381 e. The van der Waals surface area contributed by atoms with Crippen molar-refractivity contribution in [1.82, 2.24) is 15.5 Å². The maximum absolute atomic E-state index is 13.5. The molecule has 0 saturated carbocycles. The number of piperidine rings is 1. The molecule has 7 heteroatoms. The van der Waals surface area contributed by atoms with Crippen LogP contribution in [0.15, 0.2) is 53.9 Å². The van der Waals surface area contributed by atoms with E-state index in [1.54, 1.807) is 11.3 Å². The summed E-state index contributed by atoms with van der Waals surface area (Å²) in [5, 5.41) is 13.1. The predicted molar refractivity (Wildman–Crippen MR) is 123 cm³/mol. The highest BCUT2D eigenvalue weighted by Gasteiger charge is 2.42. The van der Waals surface area contributed by atoms with Gasteiger partial charge in [-0.15, -0.1) is 11.3 Å². The molecule has 2 fully saturated rings. The molecule has 0 bridgehead atoms. The first-order chi connectivity index (χ1) is 15.2. The van der Waals surface area contributed by atoms with Gasteiger partial charge in [0.2, 0.25) is 5.91 Å². The van der Waals surface area contributed by atoms with E-state index in [1.807, 2.05) is 18.2 Å². The lowest BCUT2D eigenvalue weighted by atomic mass is 9.73. The molecule has 6 nitrogen and oxygen atoms in total. The summed E-state index contributed by atoms with van der Waals surface area (Å²) in [7, 11) is 0. The van der Waals surface area contributed by atoms with Crippen LogP contribution in [0.5, 0.6) is 0 Å². The Morgan fingerprint density at radius 2 is 1.90 bits per heavy atom. The molecule has 1 amide bonds. The van der Waals surface area contributed by atoms with E-state index in [0.717, 1.165) is 55.8 Å². The van der Waals surface area contributed by atoms with E-state index in [0.29, 0.717) is 13.2 Å². The van der Waals surface area contributed by atoms with Gasteiger partial charge in [-0.2, -0.15) is 5.10 Å². The van der Waals surface area contributed by atoms with Crippen molar-refractivity contribution in [2.45, 2.75) is 37.1 Å². The van der Waals surface area contributed by atoms with Crippen molar-refractivity contribution in [2.24, 2.45) is 0 Å². The number of aromatic amines is 1. The van der Waals surface area contributed by atoms with Crippen LogP contribution in [-0.2, 0) is 14.9 Å². The summed E-state index contributed by atoms with van der Waals surface area (Å²) in [5.41, 5.74) is 1.68. The zero-order valence-corrected chi connectivity index (χ0v) is 18.4. The number of anilines is 1. The number of nitrogens with one attached hydrogen (secondary N) is 2. The van der Waals surface area contributed by atoms with Crippen molar-refractivity contribution in [2.75, 3.05) is 31.2 Å². The topological polar surface area (TPSA) is 70.2 Å². The van der Waals surface area contributed by atoms with Gasteiger partial charge in [0.05, 0.1) is 16.0 Å². The number of nitrogens with zero attached hydrogens (tertiary/aromatic N) is 2. The van der Waals surface area contributed by atoms with Crippen molar-refractivity contribution >= 4 is 23.1 Å². The van der Waals surface area contributed by atoms with Crippen LogP contribution >= 0.6 is 11.3 Å². The van der Waals surface area contributed by atoms with Crippen molar-refractivity contribution in [1.29, 1.82) is 0 Å². The Labute approximate surface area is 186 Å². The molecule has 31 heavy (non-hydrogen) atoms. The number of hydrogen-bond acceptors (Lipinski definition) is 5.